The average Bonchev–Trinajstić information content (AvgIpc) is 2.53. The molecular formula is C18H16O4. The van der Waals surface area contributed by atoms with Crippen molar-refractivity contribution in [3.05, 3.63) is 70.8 Å². The number of benzene rings is 2. The monoisotopic (exact) mass is 296 g/mol. The first-order valence-electron chi connectivity index (χ1n) is 6.85. The van der Waals surface area contributed by atoms with Gasteiger partial charge in [0.1, 0.15) is 6.61 Å². The number of ether oxygens (including phenoxy) is 1. The molecule has 0 amide bonds. The highest BCUT2D eigenvalue weighted by Crippen LogP contribution is 2.11. The highest BCUT2D eigenvalue weighted by Gasteiger charge is 2.09. The van der Waals surface area contributed by atoms with Crippen molar-refractivity contribution in [3.8, 4) is 0 Å². The molecule has 0 fully saturated rings. The third-order valence-corrected chi connectivity index (χ3v) is 3.23. The van der Waals surface area contributed by atoms with Crippen LogP contribution < -0.4 is 0 Å². The van der Waals surface area contributed by atoms with Crippen LogP contribution in [0.2, 0.25) is 0 Å². The number of esters is 1. The molecule has 0 aliphatic rings. The van der Waals surface area contributed by atoms with Crippen LogP contribution in [0.4, 0.5) is 0 Å². The largest absolute Gasteiger partial charge is 0.457 e. The van der Waals surface area contributed by atoms with Gasteiger partial charge in [-0.3, -0.25) is 9.59 Å². The van der Waals surface area contributed by atoms with Gasteiger partial charge in [-0.1, -0.05) is 30.3 Å². The topological polar surface area (TPSA) is 60.4 Å². The minimum atomic E-state index is -0.469. The lowest BCUT2D eigenvalue weighted by Gasteiger charge is -2.06. The molecule has 0 spiro atoms. The summed E-state index contributed by atoms with van der Waals surface area (Å²) in [6.07, 6.45) is 0. The quantitative estimate of drug-likeness (QED) is 0.626. The van der Waals surface area contributed by atoms with Crippen LogP contribution in [0.15, 0.2) is 48.5 Å². The molecular weight excluding hydrogens is 280 g/mol. The van der Waals surface area contributed by atoms with E-state index in [0.717, 1.165) is 5.56 Å². The van der Waals surface area contributed by atoms with Crippen molar-refractivity contribution in [2.45, 2.75) is 20.5 Å². The molecule has 2 aromatic carbocycles. The van der Waals surface area contributed by atoms with Gasteiger partial charge in [-0.25, -0.2) is 4.79 Å². The predicted molar refractivity (Wildman–Crippen MR) is 82.0 cm³/mol. The fourth-order valence-electron chi connectivity index (χ4n) is 1.95. The second kappa shape index (κ2) is 6.80. The number of Topliss-reactive ketones (excluding diaryl/α,β-unsaturated/α-hetero) is 2. The van der Waals surface area contributed by atoms with Crippen LogP contribution in [-0.2, 0) is 11.3 Å². The molecule has 0 radical (unpaired) electrons. The average molecular weight is 296 g/mol. The summed E-state index contributed by atoms with van der Waals surface area (Å²) in [5, 5.41) is 0. The van der Waals surface area contributed by atoms with Crippen molar-refractivity contribution in [2.24, 2.45) is 0 Å². The number of hydrogen-bond donors (Lipinski definition) is 0. The lowest BCUT2D eigenvalue weighted by atomic mass is 10.1. The van der Waals surface area contributed by atoms with Crippen LogP contribution in [0.5, 0.6) is 0 Å². The molecule has 4 heteroatoms. The first-order valence-corrected chi connectivity index (χ1v) is 6.85. The van der Waals surface area contributed by atoms with E-state index in [1.807, 2.05) is 0 Å². The third kappa shape index (κ3) is 3.88. The molecule has 0 saturated heterocycles. The van der Waals surface area contributed by atoms with Crippen molar-refractivity contribution < 1.29 is 19.1 Å². The van der Waals surface area contributed by atoms with Gasteiger partial charge in [0.2, 0.25) is 0 Å². The van der Waals surface area contributed by atoms with Gasteiger partial charge in [0.15, 0.2) is 11.6 Å². The summed E-state index contributed by atoms with van der Waals surface area (Å²) in [4.78, 5) is 34.4. The molecule has 0 unspecified atom stereocenters. The van der Waals surface area contributed by atoms with Crippen molar-refractivity contribution in [3.63, 3.8) is 0 Å². The van der Waals surface area contributed by atoms with Gasteiger partial charge in [-0.15, -0.1) is 0 Å². The van der Waals surface area contributed by atoms with Crippen LogP contribution in [0.3, 0.4) is 0 Å². The molecule has 112 valence electrons. The minimum absolute atomic E-state index is 0.0343. The standard InChI is InChI=1S/C18H16O4/c1-12(19)15-6-8-16(9-7-15)18(21)22-11-14-4-3-5-17(10-14)13(2)20/h3-10H,11H2,1-2H3. The summed E-state index contributed by atoms with van der Waals surface area (Å²) in [6.45, 7) is 3.05. The van der Waals surface area contributed by atoms with E-state index in [4.69, 9.17) is 4.74 Å². The molecule has 2 rings (SSSR count). The maximum Gasteiger partial charge on any atom is 0.338 e. The maximum absolute atomic E-state index is 11.9. The summed E-state index contributed by atoms with van der Waals surface area (Å²) in [5.74, 6) is -0.558. The second-order valence-electron chi connectivity index (χ2n) is 4.97. The molecule has 0 aromatic heterocycles. The van der Waals surface area contributed by atoms with Crippen LogP contribution >= 0.6 is 0 Å². The highest BCUT2D eigenvalue weighted by molar-refractivity contribution is 5.96. The minimum Gasteiger partial charge on any atom is -0.457 e. The Morgan fingerprint density at radius 1 is 0.818 bits per heavy atom. The van der Waals surface area contributed by atoms with Gasteiger partial charge in [0.05, 0.1) is 5.56 Å². The molecule has 2 aromatic rings. The zero-order chi connectivity index (χ0) is 16.1. The van der Waals surface area contributed by atoms with Crippen LogP contribution in [0.25, 0.3) is 0 Å². The Morgan fingerprint density at radius 3 is 2.00 bits per heavy atom. The summed E-state index contributed by atoms with van der Waals surface area (Å²) < 4.78 is 5.21. The van der Waals surface area contributed by atoms with Crippen LogP contribution in [-0.4, -0.2) is 17.5 Å². The Labute approximate surface area is 128 Å². The molecule has 0 N–H and O–H groups in total. The Hall–Kier alpha value is -2.75. The molecule has 0 aliphatic carbocycles. The Morgan fingerprint density at radius 2 is 1.41 bits per heavy atom. The molecule has 0 heterocycles. The molecule has 22 heavy (non-hydrogen) atoms. The summed E-state index contributed by atoms with van der Waals surface area (Å²) >= 11 is 0. The van der Waals surface area contributed by atoms with Gasteiger partial charge in [-0.05, 0) is 37.6 Å². The predicted octanol–water partition coefficient (Wildman–Crippen LogP) is 3.45. The number of ketones is 2. The van der Waals surface area contributed by atoms with E-state index in [1.54, 1.807) is 48.5 Å². The number of rotatable bonds is 5. The number of carbonyl (C=O) groups is 3. The van der Waals surface area contributed by atoms with Crippen molar-refractivity contribution >= 4 is 17.5 Å². The second-order valence-corrected chi connectivity index (χ2v) is 4.97. The van der Waals surface area contributed by atoms with E-state index in [0.29, 0.717) is 16.7 Å². The fraction of sp³-hybridized carbons (Fsp3) is 0.167. The Kier molecular flexibility index (Phi) is 4.84. The fourth-order valence-corrected chi connectivity index (χ4v) is 1.95. The Balaban J connectivity index is 2.02. The van der Waals surface area contributed by atoms with Gasteiger partial charge < -0.3 is 4.74 Å². The van der Waals surface area contributed by atoms with Gasteiger partial charge >= 0.3 is 5.97 Å². The molecule has 0 atom stereocenters. The number of hydrogen-bond acceptors (Lipinski definition) is 4. The van der Waals surface area contributed by atoms with Crippen molar-refractivity contribution in [1.82, 2.24) is 0 Å². The molecule has 0 saturated carbocycles. The van der Waals surface area contributed by atoms with Gasteiger partial charge in [-0.2, -0.15) is 0 Å². The smallest absolute Gasteiger partial charge is 0.338 e. The molecule has 0 bridgehead atoms. The summed E-state index contributed by atoms with van der Waals surface area (Å²) in [6, 6.07) is 13.3. The first kappa shape index (κ1) is 15.6. The normalized spacial score (nSPS) is 10.1. The zero-order valence-electron chi connectivity index (χ0n) is 12.5. The number of carbonyl (C=O) groups excluding carboxylic acids is 3. The van der Waals surface area contributed by atoms with E-state index in [2.05, 4.69) is 0 Å². The van der Waals surface area contributed by atoms with E-state index in [-0.39, 0.29) is 18.2 Å². The van der Waals surface area contributed by atoms with E-state index >= 15 is 0 Å². The highest BCUT2D eigenvalue weighted by atomic mass is 16.5. The summed E-state index contributed by atoms with van der Waals surface area (Å²) in [7, 11) is 0. The van der Waals surface area contributed by atoms with Crippen molar-refractivity contribution in [1.29, 1.82) is 0 Å². The maximum atomic E-state index is 11.9. The van der Waals surface area contributed by atoms with Gasteiger partial charge in [0.25, 0.3) is 0 Å². The van der Waals surface area contributed by atoms with Crippen LogP contribution in [0.1, 0.15) is 50.5 Å². The van der Waals surface area contributed by atoms with E-state index in [1.165, 1.54) is 13.8 Å². The first-order chi connectivity index (χ1) is 10.5. The molecule has 0 aliphatic heterocycles. The van der Waals surface area contributed by atoms with E-state index < -0.39 is 5.97 Å². The summed E-state index contributed by atoms with van der Waals surface area (Å²) in [5.41, 5.74) is 2.26. The van der Waals surface area contributed by atoms with Crippen molar-refractivity contribution in [2.75, 3.05) is 0 Å². The third-order valence-electron chi connectivity index (χ3n) is 3.23. The molecule has 4 nitrogen and oxygen atoms in total. The van der Waals surface area contributed by atoms with E-state index in [9.17, 15) is 14.4 Å². The van der Waals surface area contributed by atoms with Gasteiger partial charge in [0, 0.05) is 11.1 Å². The lowest BCUT2D eigenvalue weighted by Crippen LogP contribution is -2.06. The lowest BCUT2D eigenvalue weighted by molar-refractivity contribution is 0.0472. The van der Waals surface area contributed by atoms with Crippen LogP contribution in [0, 0.1) is 0 Å². The Bertz CT molecular complexity index is 714. The zero-order valence-corrected chi connectivity index (χ0v) is 12.5. The SMILES string of the molecule is CC(=O)c1ccc(C(=O)OCc2cccc(C(C)=O)c2)cc1.